The predicted octanol–water partition coefficient (Wildman–Crippen LogP) is 3.44. The standard InChI is InChI=1S/C13H17ClFNO/c14-9-4-5-11(12(15)7-9)13(16)8-10-3-1-2-6-17-10/h4-5,7,10,13H,1-3,6,8,16H2. The van der Waals surface area contributed by atoms with E-state index in [4.69, 9.17) is 22.1 Å². The molecule has 1 heterocycles. The van der Waals surface area contributed by atoms with Crippen molar-refractivity contribution in [3.63, 3.8) is 0 Å². The number of hydrogen-bond acceptors (Lipinski definition) is 2. The van der Waals surface area contributed by atoms with Gasteiger partial charge >= 0.3 is 0 Å². The highest BCUT2D eigenvalue weighted by molar-refractivity contribution is 6.30. The van der Waals surface area contributed by atoms with E-state index in [1.165, 1.54) is 12.5 Å². The predicted molar refractivity (Wildman–Crippen MR) is 66.5 cm³/mol. The summed E-state index contributed by atoms with van der Waals surface area (Å²) in [5, 5.41) is 0.396. The summed E-state index contributed by atoms with van der Waals surface area (Å²) >= 11 is 5.71. The van der Waals surface area contributed by atoms with E-state index < -0.39 is 0 Å². The molecule has 2 atom stereocenters. The Morgan fingerprint density at radius 2 is 2.29 bits per heavy atom. The van der Waals surface area contributed by atoms with Gasteiger partial charge in [-0.2, -0.15) is 0 Å². The molecule has 0 saturated carbocycles. The highest BCUT2D eigenvalue weighted by atomic mass is 35.5. The Hall–Kier alpha value is -0.640. The molecule has 1 aliphatic heterocycles. The normalized spacial score (nSPS) is 22.4. The number of halogens is 2. The van der Waals surface area contributed by atoms with Crippen LogP contribution >= 0.6 is 11.6 Å². The number of benzene rings is 1. The van der Waals surface area contributed by atoms with Crippen LogP contribution in [0.25, 0.3) is 0 Å². The van der Waals surface area contributed by atoms with E-state index in [-0.39, 0.29) is 18.0 Å². The molecular weight excluding hydrogens is 241 g/mol. The van der Waals surface area contributed by atoms with Crippen LogP contribution in [-0.4, -0.2) is 12.7 Å². The van der Waals surface area contributed by atoms with E-state index in [1.807, 2.05) is 0 Å². The third kappa shape index (κ3) is 3.41. The lowest BCUT2D eigenvalue weighted by Gasteiger charge is -2.25. The average Bonchev–Trinajstić information content (AvgIpc) is 2.30. The van der Waals surface area contributed by atoms with Gasteiger partial charge in [0.1, 0.15) is 5.82 Å². The molecule has 0 spiro atoms. The summed E-state index contributed by atoms with van der Waals surface area (Å²) in [4.78, 5) is 0. The SMILES string of the molecule is NC(CC1CCCCO1)c1ccc(Cl)cc1F. The lowest BCUT2D eigenvalue weighted by Crippen LogP contribution is -2.25. The minimum Gasteiger partial charge on any atom is -0.378 e. The molecule has 4 heteroatoms. The van der Waals surface area contributed by atoms with Crippen LogP contribution in [0.15, 0.2) is 18.2 Å². The van der Waals surface area contributed by atoms with Gasteiger partial charge in [0.25, 0.3) is 0 Å². The molecule has 0 aliphatic carbocycles. The highest BCUT2D eigenvalue weighted by Crippen LogP contribution is 2.26. The Kier molecular flexibility index (Phi) is 4.37. The topological polar surface area (TPSA) is 35.2 Å². The van der Waals surface area contributed by atoms with Crippen LogP contribution < -0.4 is 5.73 Å². The molecule has 0 aromatic heterocycles. The molecule has 0 radical (unpaired) electrons. The van der Waals surface area contributed by atoms with Crippen LogP contribution in [0, 0.1) is 5.82 Å². The molecule has 2 N–H and O–H groups in total. The lowest BCUT2D eigenvalue weighted by molar-refractivity contribution is 0.00714. The maximum atomic E-state index is 13.6. The van der Waals surface area contributed by atoms with E-state index in [0.717, 1.165) is 19.4 Å². The minimum atomic E-state index is -0.333. The summed E-state index contributed by atoms with van der Waals surface area (Å²) in [7, 11) is 0. The van der Waals surface area contributed by atoms with Crippen molar-refractivity contribution in [2.75, 3.05) is 6.61 Å². The maximum absolute atomic E-state index is 13.6. The first-order chi connectivity index (χ1) is 8.16. The third-order valence-corrected chi connectivity index (χ3v) is 3.39. The van der Waals surface area contributed by atoms with Gasteiger partial charge in [0.2, 0.25) is 0 Å². The van der Waals surface area contributed by atoms with Crippen LogP contribution in [0.1, 0.15) is 37.3 Å². The van der Waals surface area contributed by atoms with Gasteiger partial charge < -0.3 is 10.5 Å². The Labute approximate surface area is 106 Å². The summed E-state index contributed by atoms with van der Waals surface area (Å²) in [5.41, 5.74) is 6.53. The average molecular weight is 258 g/mol. The Balaban J connectivity index is 2.00. The summed E-state index contributed by atoms with van der Waals surface area (Å²) in [6.45, 7) is 0.792. The minimum absolute atomic E-state index is 0.161. The molecule has 1 aromatic rings. The van der Waals surface area contributed by atoms with Gasteiger partial charge in [0.15, 0.2) is 0 Å². The second-order valence-electron chi connectivity index (χ2n) is 4.50. The van der Waals surface area contributed by atoms with Crippen LogP contribution in [0.3, 0.4) is 0 Å². The quantitative estimate of drug-likeness (QED) is 0.900. The molecule has 17 heavy (non-hydrogen) atoms. The van der Waals surface area contributed by atoms with Gasteiger partial charge in [0, 0.05) is 23.2 Å². The molecule has 0 amide bonds. The van der Waals surface area contributed by atoms with Crippen LogP contribution in [0.4, 0.5) is 4.39 Å². The fourth-order valence-electron chi connectivity index (χ4n) is 2.21. The zero-order valence-corrected chi connectivity index (χ0v) is 10.4. The van der Waals surface area contributed by atoms with E-state index >= 15 is 0 Å². The molecule has 1 aromatic carbocycles. The van der Waals surface area contributed by atoms with Crippen molar-refractivity contribution in [2.24, 2.45) is 5.73 Å². The van der Waals surface area contributed by atoms with Crippen molar-refractivity contribution in [1.29, 1.82) is 0 Å². The summed E-state index contributed by atoms with van der Waals surface area (Å²) in [5.74, 6) is -0.333. The van der Waals surface area contributed by atoms with Gasteiger partial charge in [-0.25, -0.2) is 4.39 Å². The van der Waals surface area contributed by atoms with Gasteiger partial charge in [-0.1, -0.05) is 17.7 Å². The van der Waals surface area contributed by atoms with E-state index in [2.05, 4.69) is 0 Å². The Morgan fingerprint density at radius 3 is 2.94 bits per heavy atom. The molecular formula is C13H17ClFNO. The van der Waals surface area contributed by atoms with Crippen molar-refractivity contribution in [3.8, 4) is 0 Å². The monoisotopic (exact) mass is 257 g/mol. The Morgan fingerprint density at radius 1 is 1.47 bits per heavy atom. The number of hydrogen-bond donors (Lipinski definition) is 1. The smallest absolute Gasteiger partial charge is 0.129 e. The molecule has 2 nitrogen and oxygen atoms in total. The van der Waals surface area contributed by atoms with Crippen molar-refractivity contribution in [1.82, 2.24) is 0 Å². The van der Waals surface area contributed by atoms with Crippen molar-refractivity contribution in [3.05, 3.63) is 34.6 Å². The van der Waals surface area contributed by atoms with Crippen molar-refractivity contribution >= 4 is 11.6 Å². The summed E-state index contributed by atoms with van der Waals surface area (Å²) in [6.07, 6.45) is 4.12. The fraction of sp³-hybridized carbons (Fsp3) is 0.538. The summed E-state index contributed by atoms with van der Waals surface area (Å²) < 4.78 is 19.3. The Bertz CT molecular complexity index is 380. The highest BCUT2D eigenvalue weighted by Gasteiger charge is 2.20. The zero-order valence-electron chi connectivity index (χ0n) is 9.66. The van der Waals surface area contributed by atoms with Crippen molar-refractivity contribution in [2.45, 2.75) is 37.8 Å². The second kappa shape index (κ2) is 5.80. The lowest BCUT2D eigenvalue weighted by atomic mass is 9.97. The first kappa shape index (κ1) is 12.8. The molecule has 1 saturated heterocycles. The van der Waals surface area contributed by atoms with Crippen LogP contribution in [0.2, 0.25) is 5.02 Å². The summed E-state index contributed by atoms with van der Waals surface area (Å²) in [6, 6.07) is 4.31. The van der Waals surface area contributed by atoms with Gasteiger partial charge in [0.05, 0.1) is 6.10 Å². The van der Waals surface area contributed by atoms with E-state index in [1.54, 1.807) is 12.1 Å². The van der Waals surface area contributed by atoms with E-state index in [0.29, 0.717) is 17.0 Å². The molecule has 0 bridgehead atoms. The number of rotatable bonds is 3. The fourth-order valence-corrected chi connectivity index (χ4v) is 2.36. The maximum Gasteiger partial charge on any atom is 0.129 e. The molecule has 1 fully saturated rings. The van der Waals surface area contributed by atoms with Crippen LogP contribution in [-0.2, 0) is 4.74 Å². The van der Waals surface area contributed by atoms with E-state index in [9.17, 15) is 4.39 Å². The molecule has 2 unspecified atom stereocenters. The zero-order chi connectivity index (χ0) is 12.3. The van der Waals surface area contributed by atoms with Gasteiger partial charge in [-0.15, -0.1) is 0 Å². The largest absolute Gasteiger partial charge is 0.378 e. The first-order valence-corrected chi connectivity index (χ1v) is 6.37. The second-order valence-corrected chi connectivity index (χ2v) is 4.93. The molecule has 94 valence electrons. The number of nitrogens with two attached hydrogens (primary N) is 1. The third-order valence-electron chi connectivity index (χ3n) is 3.15. The van der Waals surface area contributed by atoms with Crippen LogP contribution in [0.5, 0.6) is 0 Å². The molecule has 1 aliphatic rings. The molecule has 2 rings (SSSR count). The van der Waals surface area contributed by atoms with Gasteiger partial charge in [-0.3, -0.25) is 0 Å². The van der Waals surface area contributed by atoms with Crippen molar-refractivity contribution < 1.29 is 9.13 Å². The first-order valence-electron chi connectivity index (χ1n) is 5.99. The van der Waals surface area contributed by atoms with Gasteiger partial charge in [-0.05, 0) is 37.8 Å². The number of ether oxygens (including phenoxy) is 1.